The molecule has 0 unspecified atom stereocenters. The van der Waals surface area contributed by atoms with Crippen LogP contribution >= 0.6 is 35.3 Å². The van der Waals surface area contributed by atoms with Crippen molar-refractivity contribution >= 4 is 41.3 Å². The van der Waals surface area contributed by atoms with Gasteiger partial charge in [0.25, 0.3) is 0 Å². The number of nitrogens with zero attached hydrogens (tertiary/aromatic N) is 1. The molecule has 0 aliphatic carbocycles. The molecule has 0 spiro atoms. The van der Waals surface area contributed by atoms with Crippen LogP contribution in [0.15, 0.2) is 69.6 Å². The van der Waals surface area contributed by atoms with E-state index in [1.807, 2.05) is 29.6 Å². The first kappa shape index (κ1) is 20.4. The zero-order valence-corrected chi connectivity index (χ0v) is 17.3. The first-order valence-electron chi connectivity index (χ1n) is 8.11. The van der Waals surface area contributed by atoms with Gasteiger partial charge in [-0.25, -0.2) is 9.38 Å². The van der Waals surface area contributed by atoms with Crippen molar-refractivity contribution in [3.05, 3.63) is 82.2 Å². The summed E-state index contributed by atoms with van der Waals surface area (Å²) in [4.78, 5) is 5.78. The van der Waals surface area contributed by atoms with E-state index in [9.17, 15) is 4.39 Å². The van der Waals surface area contributed by atoms with Gasteiger partial charge in [0.2, 0.25) is 0 Å². The number of hydrogen-bond donors (Lipinski definition) is 2. The van der Waals surface area contributed by atoms with Crippen molar-refractivity contribution < 1.29 is 8.81 Å². The molecule has 0 atom stereocenters. The molecule has 0 saturated carbocycles. The van der Waals surface area contributed by atoms with E-state index in [0.29, 0.717) is 25.6 Å². The van der Waals surface area contributed by atoms with E-state index in [0.717, 1.165) is 17.7 Å². The molecule has 2 aromatic heterocycles. The zero-order valence-electron chi connectivity index (χ0n) is 14.2. The monoisotopic (exact) mass is 485 g/mol. The highest BCUT2D eigenvalue weighted by Crippen LogP contribution is 2.08. The maximum atomic E-state index is 13.3. The predicted octanol–water partition coefficient (Wildman–Crippen LogP) is 4.58. The molecule has 3 rings (SSSR count). The van der Waals surface area contributed by atoms with Gasteiger partial charge in [-0.1, -0.05) is 18.2 Å². The summed E-state index contributed by atoms with van der Waals surface area (Å²) in [6.45, 7) is 1.82. The van der Waals surface area contributed by atoms with Crippen LogP contribution in [-0.4, -0.2) is 12.5 Å². The molecule has 1 aromatic carbocycles. The van der Waals surface area contributed by atoms with Crippen LogP contribution in [0.25, 0.3) is 0 Å². The molecule has 26 heavy (non-hydrogen) atoms. The van der Waals surface area contributed by atoms with Gasteiger partial charge in [-0.2, -0.15) is 0 Å². The Balaban J connectivity index is 0.00000243. The van der Waals surface area contributed by atoms with Gasteiger partial charge in [0.1, 0.15) is 11.6 Å². The van der Waals surface area contributed by atoms with Crippen molar-refractivity contribution in [3.63, 3.8) is 0 Å². The van der Waals surface area contributed by atoms with Gasteiger partial charge in [0.05, 0.1) is 19.4 Å². The summed E-state index contributed by atoms with van der Waals surface area (Å²) in [6.07, 6.45) is 2.44. The van der Waals surface area contributed by atoms with E-state index in [2.05, 4.69) is 21.7 Å². The maximum absolute atomic E-state index is 13.3. The molecule has 2 N–H and O–H groups in total. The fourth-order valence-corrected chi connectivity index (χ4v) is 2.97. The summed E-state index contributed by atoms with van der Waals surface area (Å²) in [5.41, 5.74) is 0.836. The summed E-state index contributed by atoms with van der Waals surface area (Å²) in [6, 6.07) is 14.4. The Kier molecular flexibility index (Phi) is 8.63. The highest BCUT2D eigenvalue weighted by atomic mass is 127. The minimum atomic E-state index is -0.244. The predicted molar refractivity (Wildman–Crippen MR) is 115 cm³/mol. The largest absolute Gasteiger partial charge is 0.469 e. The van der Waals surface area contributed by atoms with Crippen LogP contribution in [0, 0.1) is 5.82 Å². The SMILES string of the molecule is Fc1cccc(CN=C(NCCc2ccco2)NCc2cccs2)c1.I. The molecule has 0 aliphatic heterocycles. The summed E-state index contributed by atoms with van der Waals surface area (Å²) >= 11 is 1.69. The summed E-state index contributed by atoms with van der Waals surface area (Å²) in [5.74, 6) is 1.38. The van der Waals surface area contributed by atoms with Gasteiger partial charge in [0, 0.05) is 17.8 Å². The molecular formula is C19H21FIN3OS. The van der Waals surface area contributed by atoms with Crippen molar-refractivity contribution in [2.24, 2.45) is 4.99 Å². The second-order valence-corrected chi connectivity index (χ2v) is 6.52. The van der Waals surface area contributed by atoms with Crippen molar-refractivity contribution in [1.29, 1.82) is 0 Å². The maximum Gasteiger partial charge on any atom is 0.191 e. The van der Waals surface area contributed by atoms with E-state index in [4.69, 9.17) is 4.42 Å². The molecule has 0 amide bonds. The Bertz CT molecular complexity index is 791. The molecule has 0 fully saturated rings. The molecule has 4 nitrogen and oxygen atoms in total. The second kappa shape index (κ2) is 11.0. The fraction of sp³-hybridized carbons (Fsp3) is 0.211. The summed E-state index contributed by atoms with van der Waals surface area (Å²) in [7, 11) is 0. The number of furan rings is 1. The van der Waals surface area contributed by atoms with E-state index < -0.39 is 0 Å². The molecule has 138 valence electrons. The minimum Gasteiger partial charge on any atom is -0.469 e. The van der Waals surface area contributed by atoms with E-state index in [1.165, 1.54) is 17.0 Å². The lowest BCUT2D eigenvalue weighted by Crippen LogP contribution is -2.37. The van der Waals surface area contributed by atoms with Crippen LogP contribution in [0.2, 0.25) is 0 Å². The van der Waals surface area contributed by atoms with Crippen molar-refractivity contribution in [2.75, 3.05) is 6.54 Å². The molecule has 0 bridgehead atoms. The lowest BCUT2D eigenvalue weighted by Gasteiger charge is -2.12. The van der Waals surface area contributed by atoms with Crippen LogP contribution in [0.1, 0.15) is 16.2 Å². The molecular weight excluding hydrogens is 464 g/mol. The number of benzene rings is 1. The molecule has 0 saturated heterocycles. The van der Waals surface area contributed by atoms with Gasteiger partial charge in [-0.3, -0.25) is 0 Å². The average molecular weight is 485 g/mol. The van der Waals surface area contributed by atoms with Crippen molar-refractivity contribution in [1.82, 2.24) is 10.6 Å². The normalized spacial score (nSPS) is 11.0. The van der Waals surface area contributed by atoms with Gasteiger partial charge in [-0.15, -0.1) is 35.3 Å². The number of nitrogens with one attached hydrogen (secondary N) is 2. The number of hydrogen-bond acceptors (Lipinski definition) is 3. The van der Waals surface area contributed by atoms with Crippen LogP contribution < -0.4 is 10.6 Å². The number of halogens is 2. The highest BCUT2D eigenvalue weighted by molar-refractivity contribution is 14.0. The number of thiophene rings is 1. The quantitative estimate of drug-likeness (QED) is 0.293. The first-order chi connectivity index (χ1) is 12.3. The Hall–Kier alpha value is -1.87. The van der Waals surface area contributed by atoms with E-state index >= 15 is 0 Å². The zero-order chi connectivity index (χ0) is 17.3. The molecule has 7 heteroatoms. The third-order valence-corrected chi connectivity index (χ3v) is 4.44. The van der Waals surface area contributed by atoms with E-state index in [-0.39, 0.29) is 29.8 Å². The van der Waals surface area contributed by atoms with Crippen LogP contribution in [-0.2, 0) is 19.5 Å². The number of rotatable bonds is 7. The van der Waals surface area contributed by atoms with Gasteiger partial charge >= 0.3 is 0 Å². The average Bonchev–Trinajstić information content (AvgIpc) is 3.30. The Morgan fingerprint density at radius 2 is 2.04 bits per heavy atom. The van der Waals surface area contributed by atoms with Crippen molar-refractivity contribution in [2.45, 2.75) is 19.5 Å². The summed E-state index contributed by atoms with van der Waals surface area (Å²) in [5, 5.41) is 8.65. The van der Waals surface area contributed by atoms with E-state index in [1.54, 1.807) is 23.7 Å². The molecule has 3 aromatic rings. The highest BCUT2D eigenvalue weighted by Gasteiger charge is 2.02. The molecule has 0 radical (unpaired) electrons. The smallest absolute Gasteiger partial charge is 0.191 e. The van der Waals surface area contributed by atoms with Crippen LogP contribution in [0.5, 0.6) is 0 Å². The third kappa shape index (κ3) is 6.80. The van der Waals surface area contributed by atoms with Crippen LogP contribution in [0.3, 0.4) is 0 Å². The Labute approximate surface area is 173 Å². The summed E-state index contributed by atoms with van der Waals surface area (Å²) < 4.78 is 18.6. The Morgan fingerprint density at radius 3 is 2.77 bits per heavy atom. The third-order valence-electron chi connectivity index (χ3n) is 3.56. The Morgan fingerprint density at radius 1 is 1.12 bits per heavy atom. The van der Waals surface area contributed by atoms with Gasteiger partial charge in [0.15, 0.2) is 5.96 Å². The van der Waals surface area contributed by atoms with Gasteiger partial charge in [-0.05, 0) is 41.3 Å². The number of guanidine groups is 1. The fourth-order valence-electron chi connectivity index (χ4n) is 2.32. The lowest BCUT2D eigenvalue weighted by atomic mass is 10.2. The standard InChI is InChI=1S/C19H20FN3OS.HI/c20-16-5-1-4-15(12-16)13-22-19(23-14-18-7-3-11-25-18)21-9-8-17-6-2-10-24-17;/h1-7,10-12H,8-9,13-14H2,(H2,21,22,23);1H. The topological polar surface area (TPSA) is 49.6 Å². The van der Waals surface area contributed by atoms with Gasteiger partial charge < -0.3 is 15.1 Å². The molecule has 0 aliphatic rings. The minimum absolute atomic E-state index is 0. The first-order valence-corrected chi connectivity index (χ1v) is 8.99. The molecule has 2 heterocycles. The van der Waals surface area contributed by atoms with Crippen LogP contribution in [0.4, 0.5) is 4.39 Å². The lowest BCUT2D eigenvalue weighted by molar-refractivity contribution is 0.506. The number of aliphatic imine (C=N–C) groups is 1. The van der Waals surface area contributed by atoms with Crippen molar-refractivity contribution in [3.8, 4) is 0 Å². The second-order valence-electron chi connectivity index (χ2n) is 5.48.